The topological polar surface area (TPSA) is 42.7 Å². The van der Waals surface area contributed by atoms with Crippen molar-refractivity contribution in [3.8, 4) is 10.7 Å². The third-order valence-electron chi connectivity index (χ3n) is 5.99. The maximum Gasteiger partial charge on any atom is 0.151 e. The van der Waals surface area contributed by atoms with Crippen LogP contribution >= 0.6 is 22.9 Å². The minimum atomic E-state index is 0.721. The lowest BCUT2D eigenvalue weighted by Gasteiger charge is -2.23. The minimum Gasteiger partial charge on any atom is -0.323 e. The van der Waals surface area contributed by atoms with E-state index in [0.29, 0.717) is 0 Å². The summed E-state index contributed by atoms with van der Waals surface area (Å²) >= 11 is 8.07. The van der Waals surface area contributed by atoms with E-state index in [4.69, 9.17) is 21.6 Å². The van der Waals surface area contributed by atoms with E-state index in [1.807, 2.05) is 23.5 Å². The second kappa shape index (κ2) is 7.71. The number of pyridine rings is 1. The molecule has 0 spiro atoms. The molecule has 0 saturated carbocycles. The highest BCUT2D eigenvalue weighted by atomic mass is 35.5. The number of piperidine rings is 1. The molecule has 6 heteroatoms. The smallest absolute Gasteiger partial charge is 0.151 e. The van der Waals surface area contributed by atoms with Gasteiger partial charge in [0, 0.05) is 21.8 Å². The number of aromatic nitrogens is 3. The Hall–Kier alpha value is -1.95. The fourth-order valence-electron chi connectivity index (χ4n) is 4.45. The quantitative estimate of drug-likeness (QED) is 0.438. The Morgan fingerprint density at radius 3 is 2.72 bits per heavy atom. The van der Waals surface area contributed by atoms with Gasteiger partial charge in [-0.1, -0.05) is 11.6 Å². The van der Waals surface area contributed by atoms with Crippen molar-refractivity contribution in [3.63, 3.8) is 0 Å². The molecular formula is C23H25ClN4S. The zero-order valence-corrected chi connectivity index (χ0v) is 18.4. The van der Waals surface area contributed by atoms with E-state index in [9.17, 15) is 0 Å². The number of hydrogen-bond donors (Lipinski definition) is 1. The molecule has 29 heavy (non-hydrogen) atoms. The summed E-state index contributed by atoms with van der Waals surface area (Å²) in [5.74, 6) is 1.84. The van der Waals surface area contributed by atoms with Crippen LogP contribution < -0.4 is 5.32 Å². The van der Waals surface area contributed by atoms with Gasteiger partial charge in [-0.2, -0.15) is 0 Å². The van der Waals surface area contributed by atoms with E-state index in [0.717, 1.165) is 58.5 Å². The number of thiophene rings is 1. The Bertz CT molecular complexity index is 1190. The van der Waals surface area contributed by atoms with Crippen molar-refractivity contribution in [2.24, 2.45) is 5.92 Å². The number of benzene rings is 1. The van der Waals surface area contributed by atoms with Gasteiger partial charge < -0.3 is 9.88 Å². The van der Waals surface area contributed by atoms with Gasteiger partial charge in [-0.3, -0.25) is 4.98 Å². The predicted molar refractivity (Wildman–Crippen MR) is 123 cm³/mol. The Morgan fingerprint density at radius 2 is 1.97 bits per heavy atom. The van der Waals surface area contributed by atoms with Crippen LogP contribution in [0.1, 0.15) is 29.8 Å². The number of aryl methyl sites for hydroxylation is 3. The molecule has 0 amide bonds. The Kier molecular flexibility index (Phi) is 5.06. The number of fused-ring (bicyclic) bond motifs is 3. The molecule has 1 saturated heterocycles. The summed E-state index contributed by atoms with van der Waals surface area (Å²) < 4.78 is 2.44. The number of imidazole rings is 1. The van der Waals surface area contributed by atoms with Crippen molar-refractivity contribution in [1.82, 2.24) is 19.9 Å². The molecular weight excluding hydrogens is 400 g/mol. The van der Waals surface area contributed by atoms with Gasteiger partial charge in [0.2, 0.25) is 0 Å². The Labute approximate surface area is 179 Å². The van der Waals surface area contributed by atoms with Crippen molar-refractivity contribution in [2.45, 2.75) is 39.7 Å². The predicted octanol–water partition coefficient (Wildman–Crippen LogP) is 5.97. The molecule has 3 aromatic heterocycles. The molecule has 0 atom stereocenters. The average Bonchev–Trinajstić information content (AvgIpc) is 3.31. The summed E-state index contributed by atoms with van der Waals surface area (Å²) in [4.78, 5) is 12.4. The van der Waals surface area contributed by atoms with E-state index in [-0.39, 0.29) is 0 Å². The Morgan fingerprint density at radius 1 is 1.14 bits per heavy atom. The molecule has 150 valence electrons. The number of hydrogen-bond acceptors (Lipinski definition) is 4. The number of halogens is 1. The van der Waals surface area contributed by atoms with Gasteiger partial charge in [-0.15, -0.1) is 11.3 Å². The highest BCUT2D eigenvalue weighted by Gasteiger charge is 2.21. The molecule has 4 nitrogen and oxygen atoms in total. The zero-order chi connectivity index (χ0) is 20.0. The largest absolute Gasteiger partial charge is 0.323 e. The third-order valence-corrected chi connectivity index (χ3v) is 7.23. The summed E-state index contributed by atoms with van der Waals surface area (Å²) in [5.41, 5.74) is 4.11. The average molecular weight is 425 g/mol. The minimum absolute atomic E-state index is 0.721. The molecule has 0 bridgehead atoms. The fraction of sp³-hybridized carbons (Fsp3) is 0.391. The summed E-state index contributed by atoms with van der Waals surface area (Å²) in [6.07, 6.45) is 3.70. The normalized spacial score (nSPS) is 15.6. The van der Waals surface area contributed by atoms with Gasteiger partial charge in [0.05, 0.1) is 21.6 Å². The van der Waals surface area contributed by atoms with Crippen LogP contribution in [0, 0.1) is 19.8 Å². The van der Waals surface area contributed by atoms with Gasteiger partial charge in [0.25, 0.3) is 0 Å². The first-order chi connectivity index (χ1) is 14.1. The molecule has 1 N–H and O–H groups in total. The maximum atomic E-state index is 6.26. The lowest BCUT2D eigenvalue weighted by atomic mass is 9.94. The number of nitrogens with one attached hydrogen (secondary N) is 1. The number of nitrogens with zero attached hydrogens (tertiary/aromatic N) is 3. The van der Waals surface area contributed by atoms with Gasteiger partial charge in [-0.25, -0.2) is 4.98 Å². The highest BCUT2D eigenvalue weighted by Crippen LogP contribution is 2.35. The third kappa shape index (κ3) is 3.56. The molecule has 4 heterocycles. The lowest BCUT2D eigenvalue weighted by Crippen LogP contribution is -2.28. The molecule has 4 aromatic rings. The lowest BCUT2D eigenvalue weighted by molar-refractivity contribution is 0.340. The van der Waals surface area contributed by atoms with E-state index in [1.54, 1.807) is 0 Å². The summed E-state index contributed by atoms with van der Waals surface area (Å²) in [5, 5.41) is 5.33. The van der Waals surface area contributed by atoms with Crippen molar-refractivity contribution >= 4 is 44.9 Å². The molecule has 1 aromatic carbocycles. The monoisotopic (exact) mass is 424 g/mol. The first kappa shape index (κ1) is 19.0. The molecule has 1 aliphatic rings. The molecule has 0 unspecified atom stereocenters. The molecule has 0 radical (unpaired) electrons. The van der Waals surface area contributed by atoms with E-state index in [2.05, 4.69) is 41.9 Å². The molecule has 5 rings (SSSR count). The van der Waals surface area contributed by atoms with Crippen molar-refractivity contribution in [2.75, 3.05) is 13.1 Å². The van der Waals surface area contributed by atoms with E-state index >= 15 is 0 Å². The van der Waals surface area contributed by atoms with Crippen LogP contribution in [0.5, 0.6) is 0 Å². The molecule has 0 aliphatic carbocycles. The van der Waals surface area contributed by atoms with Crippen LogP contribution in [-0.4, -0.2) is 27.6 Å². The zero-order valence-electron chi connectivity index (χ0n) is 16.8. The van der Waals surface area contributed by atoms with E-state index in [1.165, 1.54) is 34.5 Å². The second-order valence-corrected chi connectivity index (χ2v) is 9.76. The van der Waals surface area contributed by atoms with Crippen molar-refractivity contribution in [3.05, 3.63) is 45.9 Å². The first-order valence-electron chi connectivity index (χ1n) is 10.3. The summed E-state index contributed by atoms with van der Waals surface area (Å²) in [6.45, 7) is 7.46. The second-order valence-electron chi connectivity index (χ2n) is 8.04. The standard InChI is InChI=1S/C23H25ClN4S/c1-14-3-6-20(29-14)23-27-21-15(2)26-19-13-17(24)4-5-18(19)22(21)28(23)12-9-16-7-10-25-11-8-16/h3-6,13,16,25H,7-12H2,1-2H3. The summed E-state index contributed by atoms with van der Waals surface area (Å²) in [6, 6.07) is 10.4. The van der Waals surface area contributed by atoms with Crippen LogP contribution in [0.2, 0.25) is 5.02 Å². The maximum absolute atomic E-state index is 6.26. The van der Waals surface area contributed by atoms with Crippen LogP contribution in [-0.2, 0) is 6.54 Å². The van der Waals surface area contributed by atoms with Crippen LogP contribution in [0.15, 0.2) is 30.3 Å². The number of rotatable bonds is 4. The molecule has 1 fully saturated rings. The van der Waals surface area contributed by atoms with E-state index < -0.39 is 0 Å². The summed E-state index contributed by atoms with van der Waals surface area (Å²) in [7, 11) is 0. The molecule has 1 aliphatic heterocycles. The van der Waals surface area contributed by atoms with Gasteiger partial charge in [-0.05, 0) is 82.4 Å². The van der Waals surface area contributed by atoms with Crippen LogP contribution in [0.25, 0.3) is 32.6 Å². The first-order valence-corrected chi connectivity index (χ1v) is 11.5. The van der Waals surface area contributed by atoms with Crippen molar-refractivity contribution < 1.29 is 0 Å². The van der Waals surface area contributed by atoms with Crippen LogP contribution in [0.4, 0.5) is 0 Å². The van der Waals surface area contributed by atoms with Crippen molar-refractivity contribution in [1.29, 1.82) is 0 Å². The van der Waals surface area contributed by atoms with Gasteiger partial charge >= 0.3 is 0 Å². The Balaban J connectivity index is 1.69. The van der Waals surface area contributed by atoms with Gasteiger partial charge in [0.15, 0.2) is 5.82 Å². The van der Waals surface area contributed by atoms with Gasteiger partial charge in [0.1, 0.15) is 5.52 Å². The van der Waals surface area contributed by atoms with Crippen LogP contribution in [0.3, 0.4) is 0 Å². The SMILES string of the molecule is Cc1ccc(-c2nc3c(C)nc4cc(Cl)ccc4c3n2CCC2CCNCC2)s1. The highest BCUT2D eigenvalue weighted by molar-refractivity contribution is 7.15. The fourth-order valence-corrected chi connectivity index (χ4v) is 5.48.